The van der Waals surface area contributed by atoms with E-state index in [-0.39, 0.29) is 17.8 Å². The van der Waals surface area contributed by atoms with Crippen molar-refractivity contribution in [3.63, 3.8) is 0 Å². The number of aliphatic hydroxyl groups is 1. The van der Waals surface area contributed by atoms with Crippen LogP contribution in [0.5, 0.6) is 0 Å². The molecule has 1 aromatic carbocycles. The lowest BCUT2D eigenvalue weighted by Gasteiger charge is -2.28. The number of halogens is 1. The smallest absolute Gasteiger partial charge is 0.163 e. The van der Waals surface area contributed by atoms with Gasteiger partial charge in [0.15, 0.2) is 5.65 Å². The molecule has 1 saturated heterocycles. The molecule has 1 aliphatic carbocycles. The number of piperidine rings is 1. The van der Waals surface area contributed by atoms with Crippen molar-refractivity contribution in [2.45, 2.75) is 31.3 Å². The lowest BCUT2D eigenvalue weighted by molar-refractivity contribution is 0.0883. The maximum Gasteiger partial charge on any atom is 0.163 e. The van der Waals surface area contributed by atoms with Crippen LogP contribution in [0, 0.1) is 11.7 Å². The fourth-order valence-electron chi connectivity index (χ4n) is 3.93. The maximum atomic E-state index is 13.6. The number of rotatable bonds is 6. The summed E-state index contributed by atoms with van der Waals surface area (Å²) < 4.78 is 15.4. The number of hydrogen-bond donors (Lipinski definition) is 4. The first-order chi connectivity index (χ1) is 14.2. The SMILES string of the molecule is O[C@@H]1CNCC[C@@H]1CNc1cc(Nc2cccc(F)c2)n2ncc(C3CC3)c2n1. The standard InChI is InChI=1S/C21H25FN6O/c22-15-2-1-3-16(8-15)26-20-9-19(24-10-14-6-7-23-12-18(14)29)27-21-17(13-4-5-13)11-25-28(20)21/h1-3,8-9,11,13-14,18,23,26,29H,4-7,10,12H2,(H,24,27)/t14-,18-/m1/s1. The van der Waals surface area contributed by atoms with E-state index >= 15 is 0 Å². The summed E-state index contributed by atoms with van der Waals surface area (Å²) in [5.74, 6) is 1.85. The number of aliphatic hydroxyl groups excluding tert-OH is 1. The van der Waals surface area contributed by atoms with Gasteiger partial charge in [-0.3, -0.25) is 0 Å². The monoisotopic (exact) mass is 396 g/mol. The van der Waals surface area contributed by atoms with Crippen molar-refractivity contribution in [3.05, 3.63) is 47.9 Å². The highest BCUT2D eigenvalue weighted by Gasteiger charge is 2.28. The Morgan fingerprint density at radius 1 is 1.24 bits per heavy atom. The molecule has 0 radical (unpaired) electrons. The highest BCUT2D eigenvalue weighted by atomic mass is 19.1. The number of β-amino-alcohol motifs (C(OH)–C–C–N with tert-alkyl or cyclic N) is 1. The second-order valence-electron chi connectivity index (χ2n) is 7.97. The number of fused-ring (bicyclic) bond motifs is 1. The Labute approximate surface area is 168 Å². The van der Waals surface area contributed by atoms with Crippen LogP contribution in [0.15, 0.2) is 36.5 Å². The molecular weight excluding hydrogens is 371 g/mol. The minimum Gasteiger partial charge on any atom is -0.391 e. The van der Waals surface area contributed by atoms with Crippen molar-refractivity contribution in [1.82, 2.24) is 19.9 Å². The molecule has 2 aliphatic rings. The van der Waals surface area contributed by atoms with Crippen molar-refractivity contribution < 1.29 is 9.50 Å². The molecule has 7 nitrogen and oxygen atoms in total. The van der Waals surface area contributed by atoms with E-state index in [0.717, 1.165) is 48.7 Å². The highest BCUT2D eigenvalue weighted by Crippen LogP contribution is 2.42. The predicted octanol–water partition coefficient (Wildman–Crippen LogP) is 2.87. The zero-order valence-corrected chi connectivity index (χ0v) is 16.1. The van der Waals surface area contributed by atoms with Crippen LogP contribution in [0.2, 0.25) is 0 Å². The lowest BCUT2D eigenvalue weighted by atomic mass is 9.95. The van der Waals surface area contributed by atoms with Crippen molar-refractivity contribution in [1.29, 1.82) is 0 Å². The summed E-state index contributed by atoms with van der Waals surface area (Å²) in [6.45, 7) is 2.19. The molecule has 1 aliphatic heterocycles. The van der Waals surface area contributed by atoms with Crippen molar-refractivity contribution in [2.75, 3.05) is 30.3 Å². The normalized spacial score (nSPS) is 22.0. The number of nitrogens with one attached hydrogen (secondary N) is 3. The number of aromatic nitrogens is 3. The molecule has 2 fully saturated rings. The van der Waals surface area contributed by atoms with Crippen LogP contribution in [-0.2, 0) is 0 Å². The quantitative estimate of drug-likeness (QED) is 0.513. The van der Waals surface area contributed by atoms with E-state index in [4.69, 9.17) is 4.98 Å². The van der Waals surface area contributed by atoms with E-state index in [1.165, 1.54) is 12.1 Å². The average Bonchev–Trinajstić information content (AvgIpc) is 3.46. The van der Waals surface area contributed by atoms with E-state index in [2.05, 4.69) is 21.0 Å². The fourth-order valence-corrected chi connectivity index (χ4v) is 3.93. The molecule has 0 bridgehead atoms. The molecule has 2 aromatic heterocycles. The Morgan fingerprint density at radius 2 is 2.14 bits per heavy atom. The fraction of sp³-hybridized carbons (Fsp3) is 0.429. The van der Waals surface area contributed by atoms with Crippen LogP contribution >= 0.6 is 0 Å². The van der Waals surface area contributed by atoms with Crippen LogP contribution in [0.3, 0.4) is 0 Å². The van der Waals surface area contributed by atoms with Gasteiger partial charge < -0.3 is 21.1 Å². The van der Waals surface area contributed by atoms with Gasteiger partial charge in [0.1, 0.15) is 17.5 Å². The van der Waals surface area contributed by atoms with Crippen LogP contribution in [0.4, 0.5) is 21.7 Å². The van der Waals surface area contributed by atoms with Crippen molar-refractivity contribution in [3.8, 4) is 0 Å². The molecule has 3 aromatic rings. The third-order valence-corrected chi connectivity index (χ3v) is 5.75. The molecule has 8 heteroatoms. The molecule has 0 spiro atoms. The molecular formula is C21H25FN6O. The van der Waals surface area contributed by atoms with Gasteiger partial charge in [-0.25, -0.2) is 9.37 Å². The Hall–Kier alpha value is -2.71. The van der Waals surface area contributed by atoms with Gasteiger partial charge in [0, 0.05) is 36.3 Å². The molecule has 5 rings (SSSR count). The molecule has 1 saturated carbocycles. The summed E-state index contributed by atoms with van der Waals surface area (Å²) in [7, 11) is 0. The molecule has 4 N–H and O–H groups in total. The van der Waals surface area contributed by atoms with E-state index in [0.29, 0.717) is 24.7 Å². The van der Waals surface area contributed by atoms with E-state index in [9.17, 15) is 9.50 Å². The van der Waals surface area contributed by atoms with Gasteiger partial charge in [0.05, 0.1) is 12.3 Å². The molecule has 0 amide bonds. The van der Waals surface area contributed by atoms with E-state index in [1.54, 1.807) is 10.6 Å². The van der Waals surface area contributed by atoms with Crippen LogP contribution in [-0.4, -0.2) is 45.4 Å². The Morgan fingerprint density at radius 3 is 2.93 bits per heavy atom. The Balaban J connectivity index is 1.46. The Kier molecular flexibility index (Phi) is 4.81. The van der Waals surface area contributed by atoms with Gasteiger partial charge in [0.2, 0.25) is 0 Å². The summed E-state index contributed by atoms with van der Waals surface area (Å²) in [5, 5.41) is 24.6. The third kappa shape index (κ3) is 3.90. The van der Waals surface area contributed by atoms with Gasteiger partial charge in [0.25, 0.3) is 0 Å². The molecule has 152 valence electrons. The largest absolute Gasteiger partial charge is 0.391 e. The molecule has 3 heterocycles. The first kappa shape index (κ1) is 18.3. The van der Waals surface area contributed by atoms with Gasteiger partial charge in [-0.05, 0) is 49.9 Å². The minimum atomic E-state index is -0.359. The first-order valence-corrected chi connectivity index (χ1v) is 10.2. The summed E-state index contributed by atoms with van der Waals surface area (Å²) in [5.41, 5.74) is 2.63. The number of benzene rings is 1. The minimum absolute atomic E-state index is 0.182. The molecule has 29 heavy (non-hydrogen) atoms. The highest BCUT2D eigenvalue weighted by molar-refractivity contribution is 5.66. The average molecular weight is 396 g/mol. The summed E-state index contributed by atoms with van der Waals surface area (Å²) in [6.07, 6.45) is 4.77. The van der Waals surface area contributed by atoms with Crippen molar-refractivity contribution in [2.24, 2.45) is 5.92 Å². The molecule has 0 unspecified atom stereocenters. The van der Waals surface area contributed by atoms with Crippen LogP contribution < -0.4 is 16.0 Å². The zero-order valence-electron chi connectivity index (χ0n) is 16.1. The number of anilines is 3. The topological polar surface area (TPSA) is 86.5 Å². The predicted molar refractivity (Wildman–Crippen MR) is 110 cm³/mol. The summed E-state index contributed by atoms with van der Waals surface area (Å²) in [6, 6.07) is 8.25. The van der Waals surface area contributed by atoms with Gasteiger partial charge >= 0.3 is 0 Å². The second kappa shape index (κ2) is 7.61. The second-order valence-corrected chi connectivity index (χ2v) is 7.97. The van der Waals surface area contributed by atoms with Gasteiger partial charge in [-0.15, -0.1) is 0 Å². The first-order valence-electron chi connectivity index (χ1n) is 10.2. The summed E-state index contributed by atoms with van der Waals surface area (Å²) in [4.78, 5) is 4.80. The van der Waals surface area contributed by atoms with Gasteiger partial charge in [-0.2, -0.15) is 9.61 Å². The van der Waals surface area contributed by atoms with Crippen LogP contribution in [0.25, 0.3) is 5.65 Å². The van der Waals surface area contributed by atoms with Crippen molar-refractivity contribution >= 4 is 23.0 Å². The number of hydrogen-bond acceptors (Lipinski definition) is 6. The maximum absolute atomic E-state index is 13.6. The molecule has 2 atom stereocenters. The van der Waals surface area contributed by atoms with Gasteiger partial charge in [-0.1, -0.05) is 6.07 Å². The van der Waals surface area contributed by atoms with E-state index < -0.39 is 0 Å². The Bertz CT molecular complexity index is 1020. The lowest BCUT2D eigenvalue weighted by Crippen LogP contribution is -2.43. The zero-order chi connectivity index (χ0) is 19.8. The van der Waals surface area contributed by atoms with Crippen LogP contribution in [0.1, 0.15) is 30.7 Å². The summed E-state index contributed by atoms with van der Waals surface area (Å²) >= 11 is 0. The number of nitrogens with zero attached hydrogens (tertiary/aromatic N) is 3. The van der Waals surface area contributed by atoms with E-state index in [1.807, 2.05) is 18.3 Å². The third-order valence-electron chi connectivity index (χ3n) is 5.75.